The van der Waals surface area contributed by atoms with Gasteiger partial charge in [-0.25, -0.2) is 13.7 Å². The summed E-state index contributed by atoms with van der Waals surface area (Å²) >= 11 is 0. The molecule has 0 saturated carbocycles. The van der Waals surface area contributed by atoms with Crippen LogP contribution in [0.25, 0.3) is 88.1 Å². The molecule has 0 aliphatic carbocycles. The Balaban J connectivity index is 0.000000179. The summed E-state index contributed by atoms with van der Waals surface area (Å²) in [5.74, 6) is -2.48. The van der Waals surface area contributed by atoms with Crippen LogP contribution in [0.15, 0.2) is 176 Å². The standard InChI is InChI=1S/2C26H34N.C24H30N.C23H28N/c2*1-17(2)22-13-18(3)19(4)24(15-22)25-23-10-9-20(16-26(5,6)7)14-21(23)11-12-27(25)8;1-16-12-17(2)18(3)22(13-16)23-21-9-8-19(15-24(4,5)6)14-20(21)10-11-25(23)7;1-16-9-7-8-10-20(16)22-21-12-11-18(15-23(3,4)5)14-19(21)13-17(2)24(22)6/h2*9-15,17H,16H2,1-8H3;8-14H,15H2,1-7H3;7-14H,15H2,1-6H3/q4*+1/i1D3,11D,12D,17D;11D,12D,17D;10D,11D;8D,9D,13D. The van der Waals surface area contributed by atoms with Gasteiger partial charge in [0.15, 0.2) is 24.2 Å². The van der Waals surface area contributed by atoms with Crippen LogP contribution in [0, 0.1) is 84.0 Å². The molecule has 12 rings (SSSR count). The predicted molar refractivity (Wildman–Crippen MR) is 446 cm³/mol. The molecule has 0 amide bonds. The van der Waals surface area contributed by atoms with Crippen molar-refractivity contribution >= 4 is 43.1 Å². The average molecular weight is 1390 g/mol. The molecule has 0 spiro atoms. The quantitative estimate of drug-likeness (QED) is 0.121. The van der Waals surface area contributed by atoms with Gasteiger partial charge in [0.25, 0.3) is 0 Å². The van der Waals surface area contributed by atoms with Crippen LogP contribution in [0.3, 0.4) is 0 Å². The lowest BCUT2D eigenvalue weighted by atomic mass is 9.87. The Bertz CT molecular complexity index is 5720. The van der Waals surface area contributed by atoms with Gasteiger partial charge in [0, 0.05) is 43.5 Å². The van der Waals surface area contributed by atoms with Crippen molar-refractivity contribution in [3.05, 3.63) is 260 Å². The van der Waals surface area contributed by atoms with Gasteiger partial charge in [-0.1, -0.05) is 201 Å². The number of pyridine rings is 4. The molecular formula is C99H126N4+4. The Labute approximate surface area is 642 Å². The number of benzene rings is 8. The lowest BCUT2D eigenvalue weighted by molar-refractivity contribution is -0.665. The van der Waals surface area contributed by atoms with Crippen LogP contribution in [0.2, 0.25) is 0 Å². The van der Waals surface area contributed by atoms with Gasteiger partial charge in [-0.05, 0) is 257 Å². The molecule has 4 heterocycles. The van der Waals surface area contributed by atoms with Gasteiger partial charge in [-0.3, -0.25) is 0 Å². The minimum atomic E-state index is -2.48. The SMILES string of the molecule is [2H]c1c([2H])[n+](C)c(-c2cc(C([2H])(C)C([2H])([2H])[2H])cc(C)c2C)c2ccc(CC(C)(C)C)cc12.[2H]c1c([2H])[n+](C)c(-c2cc(C([2H])(C)C)cc(C)c2C)c2ccc(CC(C)(C)C)cc12.[2H]c1c([2H])[n+](C)c(-c2cc(C)cc(C)c2C)c2ccc(CC(C)(C)C)cc12.[2H]c1cc([2H])c(C)c(-c2c3ccc(CC(C)(C)C)cc3c([2H])c(C)[n+]2C)c1. The highest BCUT2D eigenvalue weighted by atomic mass is 14.9. The van der Waals surface area contributed by atoms with Crippen molar-refractivity contribution in [1.29, 1.82) is 0 Å². The van der Waals surface area contributed by atoms with E-state index in [1.54, 1.807) is 29.8 Å². The summed E-state index contributed by atoms with van der Waals surface area (Å²) in [5.41, 5.74) is 23.9. The number of nitrogens with zero attached hydrogens (tertiary/aromatic N) is 4. The highest BCUT2D eigenvalue weighted by Gasteiger charge is 2.26. The number of aryl methyl sites for hydroxylation is 4. The van der Waals surface area contributed by atoms with Crippen LogP contribution in [-0.2, 0) is 53.9 Å². The maximum absolute atomic E-state index is 8.66. The molecule has 0 aliphatic heterocycles. The number of hydrogen-bond donors (Lipinski definition) is 0. The topological polar surface area (TPSA) is 15.5 Å². The van der Waals surface area contributed by atoms with E-state index in [0.29, 0.717) is 35.1 Å². The second-order valence-corrected chi connectivity index (χ2v) is 34.5. The first kappa shape index (κ1) is 60.8. The molecule has 4 heteroatoms. The smallest absolute Gasteiger partial charge is 0.200 e. The van der Waals surface area contributed by atoms with Crippen molar-refractivity contribution in [2.24, 2.45) is 49.9 Å². The van der Waals surface area contributed by atoms with Crippen LogP contribution >= 0.6 is 0 Å². The maximum atomic E-state index is 8.66. The monoisotopic (exact) mass is 1390 g/mol. The van der Waals surface area contributed by atoms with Gasteiger partial charge in [0.05, 0.1) is 46.5 Å². The zero-order valence-electron chi connectivity index (χ0n) is 81.7. The zero-order valence-corrected chi connectivity index (χ0v) is 67.7. The highest BCUT2D eigenvalue weighted by molar-refractivity contribution is 5.97. The normalized spacial score (nSPS) is 14.8. The summed E-state index contributed by atoms with van der Waals surface area (Å²) in [6.07, 6.45) is 4.24. The second kappa shape index (κ2) is 31.4. The Hall–Kier alpha value is -8.60. The lowest BCUT2D eigenvalue weighted by Crippen LogP contribution is -2.35. The summed E-state index contributed by atoms with van der Waals surface area (Å²) in [6, 6.07) is 42.8. The second-order valence-electron chi connectivity index (χ2n) is 34.5. The van der Waals surface area contributed by atoms with Gasteiger partial charge in [0.2, 0.25) is 22.8 Å². The van der Waals surface area contributed by atoms with E-state index in [2.05, 4.69) is 203 Å². The first-order chi connectivity index (χ1) is 53.6. The first-order valence-corrected chi connectivity index (χ1v) is 36.7. The van der Waals surface area contributed by atoms with E-state index in [1.165, 1.54) is 40.3 Å². The highest BCUT2D eigenvalue weighted by Crippen LogP contribution is 2.38. The number of hydrogen-bond acceptors (Lipinski definition) is 0. The number of rotatable bonds is 10. The van der Waals surface area contributed by atoms with Crippen LogP contribution in [0.4, 0.5) is 0 Å². The van der Waals surface area contributed by atoms with Gasteiger partial charge >= 0.3 is 0 Å². The van der Waals surface area contributed by atoms with Crippen molar-refractivity contribution in [3.63, 3.8) is 0 Å². The molecule has 0 fully saturated rings. The summed E-state index contributed by atoms with van der Waals surface area (Å²) < 4.78 is 125. The Morgan fingerprint density at radius 2 is 0.709 bits per heavy atom. The average Bonchev–Trinajstić information content (AvgIpc) is 0.766. The fourth-order valence-corrected chi connectivity index (χ4v) is 14.3. The third-order valence-corrected chi connectivity index (χ3v) is 19.7. The summed E-state index contributed by atoms with van der Waals surface area (Å²) in [6.45, 7) is 47.6. The van der Waals surface area contributed by atoms with Gasteiger partial charge < -0.3 is 0 Å². The lowest BCUT2D eigenvalue weighted by Gasteiger charge is -2.19. The third kappa shape index (κ3) is 19.2. The fourth-order valence-electron chi connectivity index (χ4n) is 14.3. The summed E-state index contributed by atoms with van der Waals surface area (Å²) in [7, 11) is 7.50. The molecule has 0 aliphatic rings. The van der Waals surface area contributed by atoms with Crippen LogP contribution < -0.4 is 18.3 Å². The van der Waals surface area contributed by atoms with Crippen molar-refractivity contribution in [2.75, 3.05) is 0 Å². The molecule has 8 aromatic carbocycles. The van der Waals surface area contributed by atoms with E-state index >= 15 is 0 Å². The van der Waals surface area contributed by atoms with Crippen LogP contribution in [0.1, 0.15) is 225 Å². The van der Waals surface area contributed by atoms with Crippen LogP contribution in [0.5, 0.6) is 0 Å². The van der Waals surface area contributed by atoms with Crippen molar-refractivity contribution < 1.29 is 37.5 Å². The molecule has 4 nitrogen and oxygen atoms in total. The largest absolute Gasteiger partial charge is 0.220 e. The van der Waals surface area contributed by atoms with E-state index < -0.39 is 18.6 Å². The molecule has 538 valence electrons. The molecular weight excluding hydrogens is 1250 g/mol. The maximum Gasteiger partial charge on any atom is 0.220 e. The molecule has 0 radical (unpaired) electrons. The van der Waals surface area contributed by atoms with Crippen LogP contribution in [-0.4, -0.2) is 0 Å². The van der Waals surface area contributed by atoms with Gasteiger partial charge in [-0.15, -0.1) is 0 Å². The van der Waals surface area contributed by atoms with Crippen molar-refractivity contribution in [1.82, 2.24) is 0 Å². The summed E-state index contributed by atoms with van der Waals surface area (Å²) in [5, 5.41) is 7.21. The minimum Gasteiger partial charge on any atom is -0.200 e. The molecule has 1 atom stereocenters. The van der Waals surface area contributed by atoms with E-state index in [-0.39, 0.29) is 52.3 Å². The van der Waals surface area contributed by atoms with Crippen molar-refractivity contribution in [2.45, 2.75) is 210 Å². The fraction of sp³-hybridized carbons (Fsp3) is 0.394. The van der Waals surface area contributed by atoms with Crippen molar-refractivity contribution in [3.8, 4) is 45.0 Å². The van der Waals surface area contributed by atoms with E-state index in [9.17, 15) is 0 Å². The first-order valence-electron chi connectivity index (χ1n) is 43.7. The Morgan fingerprint density at radius 1 is 0.369 bits per heavy atom. The number of aromatic nitrogens is 4. The summed E-state index contributed by atoms with van der Waals surface area (Å²) in [4.78, 5) is 0. The molecule has 0 bridgehead atoms. The van der Waals surface area contributed by atoms with Gasteiger partial charge in [0.1, 0.15) is 32.3 Å². The zero-order chi connectivity index (χ0) is 87.9. The Kier molecular flexibility index (Phi) is 18.5. The third-order valence-electron chi connectivity index (χ3n) is 19.7. The number of fused-ring (bicyclic) bond motifs is 4. The minimum absolute atomic E-state index is 0.0947. The van der Waals surface area contributed by atoms with Gasteiger partial charge in [-0.2, -0.15) is 4.57 Å². The molecule has 0 N–H and O–H groups in total. The van der Waals surface area contributed by atoms with E-state index in [0.717, 1.165) is 153 Å². The van der Waals surface area contributed by atoms with E-state index in [4.69, 9.17) is 19.2 Å². The molecule has 103 heavy (non-hydrogen) atoms. The molecule has 4 aromatic heterocycles. The molecule has 12 aromatic rings. The molecule has 0 saturated heterocycles. The Morgan fingerprint density at radius 3 is 1.07 bits per heavy atom. The molecule has 1 unspecified atom stereocenters. The predicted octanol–water partition coefficient (Wildman–Crippen LogP) is 24.7. The van der Waals surface area contributed by atoms with E-state index in [1.807, 2.05) is 94.6 Å².